The predicted molar refractivity (Wildman–Crippen MR) is 79.2 cm³/mol. The summed E-state index contributed by atoms with van der Waals surface area (Å²) in [5, 5.41) is 0. The second-order valence-corrected chi connectivity index (χ2v) is 6.01. The number of alkyl halides is 3. The predicted octanol–water partition coefficient (Wildman–Crippen LogP) is 4.33. The number of rotatable bonds is 4. The number of amides is 1. The Labute approximate surface area is 134 Å². The van der Waals surface area contributed by atoms with Gasteiger partial charge in [0, 0.05) is 33.0 Å². The largest absolute Gasteiger partial charge is 0.409 e. The summed E-state index contributed by atoms with van der Waals surface area (Å²) in [6, 6.07) is 2.50. The number of halogens is 4. The van der Waals surface area contributed by atoms with Gasteiger partial charge in [-0.3, -0.25) is 9.69 Å². The van der Waals surface area contributed by atoms with Crippen LogP contribution < -0.4 is 4.90 Å². The summed E-state index contributed by atoms with van der Waals surface area (Å²) in [7, 11) is 0. The van der Waals surface area contributed by atoms with Gasteiger partial charge in [0.25, 0.3) is 5.69 Å². The lowest BCUT2D eigenvalue weighted by molar-refractivity contribution is -0.462. The first-order valence-electron chi connectivity index (χ1n) is 6.88. The molecule has 1 aromatic carbocycles. The van der Waals surface area contributed by atoms with E-state index in [9.17, 15) is 22.9 Å². The average molecular weight is 380 g/mol. The quantitative estimate of drug-likeness (QED) is 0.730. The maximum absolute atomic E-state index is 13.2. The summed E-state index contributed by atoms with van der Waals surface area (Å²) < 4.78 is 40.6. The molecule has 0 aliphatic carbocycles. The summed E-state index contributed by atoms with van der Waals surface area (Å²) in [6.45, 7) is 1.94. The van der Waals surface area contributed by atoms with Crippen LogP contribution in [-0.2, 0) is 4.79 Å². The molecular formula is C14H15BrF3N2O2+. The second kappa shape index (κ2) is 6.36. The molecule has 0 N–H and O–H groups in total. The molecule has 1 fully saturated rings. The normalized spacial score (nSPS) is 18.9. The molecule has 4 nitrogen and oxygen atoms in total. The summed E-state index contributed by atoms with van der Waals surface area (Å²) >= 11 is 3.18. The highest BCUT2D eigenvalue weighted by molar-refractivity contribution is 9.10. The Kier molecular flexibility index (Phi) is 4.89. The van der Waals surface area contributed by atoms with Crippen molar-refractivity contribution in [3.05, 3.63) is 27.6 Å². The van der Waals surface area contributed by atoms with Crippen molar-refractivity contribution in [3.8, 4) is 0 Å². The molecule has 1 aromatic rings. The standard InChI is InChI=1S/C14H15BrF3N2O2/c1-2-7-19(22)10-4-3-9(15)8-11(10)20-12(14(16,17)18)5-6-13(20)21/h3-4,8,12H,2,5-7H2,1H3/q+1. The fourth-order valence-electron chi connectivity index (χ4n) is 2.52. The van der Waals surface area contributed by atoms with Gasteiger partial charge in [-0.1, -0.05) is 22.9 Å². The van der Waals surface area contributed by atoms with Crippen molar-refractivity contribution < 1.29 is 22.7 Å². The summed E-state index contributed by atoms with van der Waals surface area (Å²) in [4.78, 5) is 24.8. The van der Waals surface area contributed by atoms with Crippen LogP contribution in [0.5, 0.6) is 0 Å². The third-order valence-corrected chi connectivity index (χ3v) is 3.98. The number of nitrogens with zero attached hydrogens (tertiary/aromatic N) is 2. The van der Waals surface area contributed by atoms with E-state index in [1.807, 2.05) is 0 Å². The number of hydrogen-bond acceptors (Lipinski definition) is 2. The van der Waals surface area contributed by atoms with Gasteiger partial charge in [0.1, 0.15) is 11.7 Å². The van der Waals surface area contributed by atoms with Gasteiger partial charge in [-0.25, -0.2) is 0 Å². The highest BCUT2D eigenvalue weighted by atomic mass is 79.9. The lowest BCUT2D eigenvalue weighted by Crippen LogP contribution is -2.43. The zero-order valence-electron chi connectivity index (χ0n) is 11.9. The Hall–Kier alpha value is -1.44. The van der Waals surface area contributed by atoms with Gasteiger partial charge in [0.15, 0.2) is 6.54 Å². The van der Waals surface area contributed by atoms with Gasteiger partial charge < -0.3 is 0 Å². The van der Waals surface area contributed by atoms with Crippen molar-refractivity contribution in [2.75, 3.05) is 11.4 Å². The van der Waals surface area contributed by atoms with E-state index in [2.05, 4.69) is 15.9 Å². The molecule has 0 bridgehead atoms. The smallest absolute Gasteiger partial charge is 0.294 e. The van der Waals surface area contributed by atoms with Gasteiger partial charge in [-0.2, -0.15) is 13.2 Å². The molecule has 1 unspecified atom stereocenters. The lowest BCUT2D eigenvalue weighted by Gasteiger charge is -2.26. The first-order chi connectivity index (χ1) is 10.3. The van der Waals surface area contributed by atoms with Gasteiger partial charge in [0.2, 0.25) is 5.91 Å². The first kappa shape index (κ1) is 16.9. The second-order valence-electron chi connectivity index (χ2n) is 5.09. The van der Waals surface area contributed by atoms with Gasteiger partial charge >= 0.3 is 6.18 Å². The van der Waals surface area contributed by atoms with Crippen LogP contribution in [0, 0.1) is 4.91 Å². The van der Waals surface area contributed by atoms with E-state index in [1.54, 1.807) is 13.0 Å². The Morgan fingerprint density at radius 1 is 1.41 bits per heavy atom. The molecule has 1 aliphatic heterocycles. The van der Waals surface area contributed by atoms with Gasteiger partial charge in [0.05, 0.1) is 0 Å². The Bertz CT molecular complexity index is 604. The summed E-state index contributed by atoms with van der Waals surface area (Å²) in [5.74, 6) is -0.619. The molecule has 2 rings (SSSR count). The number of benzene rings is 1. The van der Waals surface area contributed by atoms with Crippen LogP contribution in [0.15, 0.2) is 22.7 Å². The minimum Gasteiger partial charge on any atom is -0.294 e. The van der Waals surface area contributed by atoms with E-state index >= 15 is 0 Å². The van der Waals surface area contributed by atoms with Crippen molar-refractivity contribution in [1.82, 2.24) is 0 Å². The zero-order valence-corrected chi connectivity index (χ0v) is 13.4. The molecule has 120 valence electrons. The van der Waals surface area contributed by atoms with Crippen LogP contribution in [0.1, 0.15) is 26.2 Å². The van der Waals surface area contributed by atoms with Gasteiger partial charge in [-0.05, 0) is 18.6 Å². The molecule has 0 aromatic heterocycles. The van der Waals surface area contributed by atoms with Crippen LogP contribution in [-0.4, -0.2) is 29.4 Å². The zero-order chi connectivity index (χ0) is 16.5. The van der Waals surface area contributed by atoms with E-state index in [-0.39, 0.29) is 30.8 Å². The number of hydrogen-bond donors (Lipinski definition) is 0. The van der Waals surface area contributed by atoms with Crippen LogP contribution in [0.25, 0.3) is 0 Å². The van der Waals surface area contributed by atoms with Crippen LogP contribution >= 0.6 is 15.9 Å². The minimum absolute atomic E-state index is 0.00245. The van der Waals surface area contributed by atoms with E-state index in [1.165, 1.54) is 12.1 Å². The third kappa shape index (κ3) is 3.31. The maximum Gasteiger partial charge on any atom is 0.409 e. The number of carbonyl (C=O) groups excluding carboxylic acids is 1. The fraction of sp³-hybridized carbons (Fsp3) is 0.500. The number of anilines is 1. The van der Waals surface area contributed by atoms with Crippen molar-refractivity contribution in [3.63, 3.8) is 0 Å². The van der Waals surface area contributed by atoms with E-state index < -0.39 is 18.1 Å². The monoisotopic (exact) mass is 379 g/mol. The summed E-state index contributed by atoms with van der Waals surface area (Å²) in [6.07, 6.45) is -4.44. The Morgan fingerprint density at radius 2 is 2.09 bits per heavy atom. The number of nitroso groups, excluding NO2 is 1. The molecule has 1 aliphatic rings. The molecule has 0 radical (unpaired) electrons. The SMILES string of the molecule is CCC[N+](=O)c1ccc(Br)cc1N1C(=O)CCC1C(F)(F)F. The first-order valence-corrected chi connectivity index (χ1v) is 7.68. The topological polar surface area (TPSA) is 40.4 Å². The molecule has 1 amide bonds. The molecular weight excluding hydrogens is 365 g/mol. The highest BCUT2D eigenvalue weighted by Crippen LogP contribution is 2.41. The average Bonchev–Trinajstić information content (AvgIpc) is 2.80. The molecule has 0 spiro atoms. The lowest BCUT2D eigenvalue weighted by atomic mass is 10.2. The Morgan fingerprint density at radius 3 is 2.68 bits per heavy atom. The van der Waals surface area contributed by atoms with Crippen molar-refractivity contribution in [1.29, 1.82) is 0 Å². The molecule has 22 heavy (non-hydrogen) atoms. The maximum atomic E-state index is 13.2. The van der Waals surface area contributed by atoms with Crippen molar-refractivity contribution >= 4 is 33.2 Å². The third-order valence-electron chi connectivity index (χ3n) is 3.48. The Balaban J connectivity index is 2.51. The van der Waals surface area contributed by atoms with Crippen LogP contribution in [0.2, 0.25) is 0 Å². The summed E-state index contributed by atoms with van der Waals surface area (Å²) in [5.41, 5.74) is 0.0807. The van der Waals surface area contributed by atoms with Crippen LogP contribution in [0.3, 0.4) is 0 Å². The van der Waals surface area contributed by atoms with Crippen molar-refractivity contribution in [2.24, 2.45) is 0 Å². The fourth-order valence-corrected chi connectivity index (χ4v) is 2.87. The van der Waals surface area contributed by atoms with Crippen molar-refractivity contribution in [2.45, 2.75) is 38.4 Å². The molecule has 1 atom stereocenters. The molecule has 0 saturated carbocycles. The molecule has 8 heteroatoms. The minimum atomic E-state index is -4.52. The molecule has 1 saturated heterocycles. The van der Waals surface area contributed by atoms with E-state index in [0.29, 0.717) is 20.6 Å². The van der Waals surface area contributed by atoms with Crippen LogP contribution in [0.4, 0.5) is 24.5 Å². The highest BCUT2D eigenvalue weighted by Gasteiger charge is 2.51. The van der Waals surface area contributed by atoms with E-state index in [4.69, 9.17) is 0 Å². The van der Waals surface area contributed by atoms with Gasteiger partial charge in [-0.15, -0.1) is 0 Å². The van der Waals surface area contributed by atoms with E-state index in [0.717, 1.165) is 0 Å². The number of carbonyl (C=O) groups is 1. The molecule has 1 heterocycles.